The highest BCUT2D eigenvalue weighted by molar-refractivity contribution is 6.09. The van der Waals surface area contributed by atoms with Gasteiger partial charge in [-0.25, -0.2) is 9.78 Å². The molecule has 5 heteroatoms. The van der Waals surface area contributed by atoms with Crippen molar-refractivity contribution >= 4 is 11.7 Å². The van der Waals surface area contributed by atoms with Crippen molar-refractivity contribution in [3.05, 3.63) is 41.7 Å². The lowest BCUT2D eigenvalue weighted by molar-refractivity contribution is -0.131. The molecule has 1 rings (SSSR count). The maximum absolute atomic E-state index is 10.2. The summed E-state index contributed by atoms with van der Waals surface area (Å²) in [5.41, 5.74) is 0.372. The van der Waals surface area contributed by atoms with Crippen molar-refractivity contribution in [1.29, 1.82) is 10.7 Å². The highest BCUT2D eigenvalue weighted by Crippen LogP contribution is 2.05. The fraction of sp³-hybridized carbons (Fsp3) is 0. The molecule has 0 fully saturated rings. The Labute approximate surface area is 85.8 Å². The summed E-state index contributed by atoms with van der Waals surface area (Å²) in [4.78, 5) is 14.0. The van der Waals surface area contributed by atoms with Crippen LogP contribution < -0.4 is 0 Å². The minimum Gasteiger partial charge on any atom is -0.478 e. The van der Waals surface area contributed by atoms with Gasteiger partial charge in [-0.3, -0.25) is 0 Å². The molecule has 0 aliphatic carbocycles. The summed E-state index contributed by atoms with van der Waals surface area (Å²) < 4.78 is 0. The van der Waals surface area contributed by atoms with Gasteiger partial charge in [-0.2, -0.15) is 5.26 Å². The molecule has 0 bridgehead atoms. The number of nitriles is 1. The molecule has 1 heterocycles. The van der Waals surface area contributed by atoms with Gasteiger partial charge in [0.1, 0.15) is 11.8 Å². The van der Waals surface area contributed by atoms with Gasteiger partial charge in [0.25, 0.3) is 0 Å². The van der Waals surface area contributed by atoms with Gasteiger partial charge in [0.15, 0.2) is 0 Å². The van der Waals surface area contributed by atoms with E-state index >= 15 is 0 Å². The van der Waals surface area contributed by atoms with Crippen LogP contribution in [-0.2, 0) is 4.79 Å². The van der Waals surface area contributed by atoms with E-state index < -0.39 is 5.97 Å². The summed E-state index contributed by atoms with van der Waals surface area (Å²) >= 11 is 0. The second-order valence-electron chi connectivity index (χ2n) is 2.60. The molecule has 74 valence electrons. The summed E-state index contributed by atoms with van der Waals surface area (Å²) in [5.74, 6) is -1.14. The van der Waals surface area contributed by atoms with Crippen molar-refractivity contribution in [2.45, 2.75) is 0 Å². The number of pyridine rings is 1. The fourth-order valence-electron chi connectivity index (χ4n) is 0.956. The molecule has 0 radical (unpaired) electrons. The van der Waals surface area contributed by atoms with Crippen LogP contribution in [0.2, 0.25) is 0 Å². The number of carboxylic acid groups (broad SMARTS) is 1. The molecular formula is C10H7N3O2. The number of hydrogen-bond donors (Lipinski definition) is 2. The van der Waals surface area contributed by atoms with Crippen LogP contribution in [-0.4, -0.2) is 21.8 Å². The van der Waals surface area contributed by atoms with E-state index in [1.807, 2.05) is 6.07 Å². The third-order valence-corrected chi connectivity index (χ3v) is 1.60. The Morgan fingerprint density at radius 1 is 1.60 bits per heavy atom. The van der Waals surface area contributed by atoms with Crippen LogP contribution >= 0.6 is 0 Å². The van der Waals surface area contributed by atoms with Gasteiger partial charge in [0.2, 0.25) is 0 Å². The average Bonchev–Trinajstić information content (AvgIpc) is 2.25. The van der Waals surface area contributed by atoms with E-state index in [0.29, 0.717) is 5.56 Å². The highest BCUT2D eigenvalue weighted by Gasteiger charge is 2.05. The summed E-state index contributed by atoms with van der Waals surface area (Å²) in [6.07, 6.45) is 3.40. The molecule has 0 amide bonds. The SMILES string of the molecule is N#Cc1ncccc1C(=N)/C=C/C(=O)O. The van der Waals surface area contributed by atoms with Crippen LogP contribution in [0.5, 0.6) is 0 Å². The predicted octanol–water partition coefficient (Wildman–Crippen LogP) is 0.962. The Balaban J connectivity index is 3.02. The Kier molecular flexibility index (Phi) is 3.30. The maximum Gasteiger partial charge on any atom is 0.328 e. The Hall–Kier alpha value is -2.48. The van der Waals surface area contributed by atoms with Crippen molar-refractivity contribution < 1.29 is 9.90 Å². The Morgan fingerprint density at radius 2 is 2.33 bits per heavy atom. The number of allylic oxidation sites excluding steroid dienone is 1. The van der Waals surface area contributed by atoms with E-state index in [4.69, 9.17) is 15.8 Å². The van der Waals surface area contributed by atoms with Crippen LogP contribution in [0.15, 0.2) is 30.5 Å². The van der Waals surface area contributed by atoms with Crippen molar-refractivity contribution in [2.75, 3.05) is 0 Å². The Morgan fingerprint density at radius 3 is 2.93 bits per heavy atom. The molecule has 0 atom stereocenters. The van der Waals surface area contributed by atoms with E-state index in [1.165, 1.54) is 6.20 Å². The number of rotatable bonds is 3. The first-order chi connectivity index (χ1) is 7.15. The molecule has 5 nitrogen and oxygen atoms in total. The van der Waals surface area contributed by atoms with Crippen LogP contribution in [0, 0.1) is 16.7 Å². The zero-order valence-electron chi connectivity index (χ0n) is 7.64. The first-order valence-corrected chi connectivity index (χ1v) is 4.00. The molecule has 0 unspecified atom stereocenters. The predicted molar refractivity (Wildman–Crippen MR) is 52.6 cm³/mol. The van der Waals surface area contributed by atoms with Gasteiger partial charge in [-0.15, -0.1) is 0 Å². The van der Waals surface area contributed by atoms with Crippen molar-refractivity contribution in [3.8, 4) is 6.07 Å². The zero-order valence-corrected chi connectivity index (χ0v) is 7.64. The number of carboxylic acids is 1. The van der Waals surface area contributed by atoms with E-state index in [-0.39, 0.29) is 11.4 Å². The lowest BCUT2D eigenvalue weighted by Crippen LogP contribution is -2.01. The van der Waals surface area contributed by atoms with E-state index in [0.717, 1.165) is 12.2 Å². The molecule has 0 aromatic carbocycles. The molecule has 1 aromatic rings. The van der Waals surface area contributed by atoms with Crippen LogP contribution in [0.1, 0.15) is 11.3 Å². The van der Waals surface area contributed by atoms with E-state index in [9.17, 15) is 4.79 Å². The third-order valence-electron chi connectivity index (χ3n) is 1.60. The van der Waals surface area contributed by atoms with Crippen LogP contribution in [0.25, 0.3) is 0 Å². The number of nitrogens with one attached hydrogen (secondary N) is 1. The maximum atomic E-state index is 10.2. The molecule has 1 aromatic heterocycles. The standard InChI is InChI=1S/C10H7N3O2/c11-6-9-7(2-1-5-13-9)8(12)3-4-10(14)15/h1-5,12H,(H,14,15)/b4-3+,12-8?. The van der Waals surface area contributed by atoms with Gasteiger partial charge >= 0.3 is 5.97 Å². The molecule has 0 aliphatic rings. The largest absolute Gasteiger partial charge is 0.478 e. The number of aromatic nitrogens is 1. The molecule has 0 saturated carbocycles. The fourth-order valence-corrected chi connectivity index (χ4v) is 0.956. The lowest BCUT2D eigenvalue weighted by Gasteiger charge is -1.99. The van der Waals surface area contributed by atoms with Gasteiger partial charge in [-0.1, -0.05) is 0 Å². The number of nitrogens with zero attached hydrogens (tertiary/aromatic N) is 2. The number of carbonyl (C=O) groups is 1. The lowest BCUT2D eigenvalue weighted by atomic mass is 10.1. The van der Waals surface area contributed by atoms with Gasteiger partial charge in [0, 0.05) is 17.8 Å². The molecule has 15 heavy (non-hydrogen) atoms. The molecular weight excluding hydrogens is 194 g/mol. The zero-order chi connectivity index (χ0) is 11.3. The summed E-state index contributed by atoms with van der Waals surface area (Å²) in [6, 6.07) is 4.96. The summed E-state index contributed by atoms with van der Waals surface area (Å²) in [6.45, 7) is 0. The monoisotopic (exact) mass is 201 g/mol. The smallest absolute Gasteiger partial charge is 0.328 e. The first kappa shape index (κ1) is 10.6. The Bertz CT molecular complexity index is 472. The van der Waals surface area contributed by atoms with Crippen LogP contribution in [0.3, 0.4) is 0 Å². The summed E-state index contributed by atoms with van der Waals surface area (Å²) in [5, 5.41) is 24.6. The van der Waals surface area contributed by atoms with Gasteiger partial charge in [0.05, 0.1) is 5.71 Å². The highest BCUT2D eigenvalue weighted by atomic mass is 16.4. The molecule has 0 spiro atoms. The summed E-state index contributed by atoms with van der Waals surface area (Å²) in [7, 11) is 0. The molecule has 0 aliphatic heterocycles. The number of hydrogen-bond acceptors (Lipinski definition) is 4. The van der Waals surface area contributed by atoms with E-state index in [1.54, 1.807) is 12.1 Å². The second kappa shape index (κ2) is 4.67. The van der Waals surface area contributed by atoms with Gasteiger partial charge in [-0.05, 0) is 18.2 Å². The van der Waals surface area contributed by atoms with Crippen molar-refractivity contribution in [1.82, 2.24) is 4.98 Å². The molecule has 2 N–H and O–H groups in total. The first-order valence-electron chi connectivity index (χ1n) is 4.00. The van der Waals surface area contributed by atoms with Crippen molar-refractivity contribution in [3.63, 3.8) is 0 Å². The quantitative estimate of drug-likeness (QED) is 0.562. The number of aliphatic carboxylic acids is 1. The topological polar surface area (TPSA) is 97.8 Å². The normalized spacial score (nSPS) is 9.80. The third kappa shape index (κ3) is 2.74. The van der Waals surface area contributed by atoms with Crippen molar-refractivity contribution in [2.24, 2.45) is 0 Å². The minimum absolute atomic E-state index is 0.0537. The molecule has 0 saturated heterocycles. The van der Waals surface area contributed by atoms with Gasteiger partial charge < -0.3 is 10.5 Å². The van der Waals surface area contributed by atoms with E-state index in [2.05, 4.69) is 4.98 Å². The average molecular weight is 201 g/mol. The second-order valence-corrected chi connectivity index (χ2v) is 2.60. The minimum atomic E-state index is -1.14. The van der Waals surface area contributed by atoms with Crippen LogP contribution in [0.4, 0.5) is 0 Å².